The molecule has 1 heterocycles. The summed E-state index contributed by atoms with van der Waals surface area (Å²) >= 11 is 3.48. The number of ether oxygens (including phenoxy) is 2. The Morgan fingerprint density at radius 2 is 2.00 bits per heavy atom. The second-order valence-electron chi connectivity index (χ2n) is 4.47. The fourth-order valence-electron chi connectivity index (χ4n) is 2.07. The molecular weight excluding hydrogens is 325 g/mol. The van der Waals surface area contributed by atoms with E-state index in [-0.39, 0.29) is 5.82 Å². The van der Waals surface area contributed by atoms with E-state index in [9.17, 15) is 4.39 Å². The summed E-state index contributed by atoms with van der Waals surface area (Å²) in [6.45, 7) is 1.70. The minimum Gasteiger partial charge on any atom is -0.486 e. The summed E-state index contributed by atoms with van der Waals surface area (Å²) in [5.41, 5.74) is 1.78. The maximum Gasteiger partial charge on any atom is 0.175 e. The topological polar surface area (TPSA) is 30.5 Å². The minimum atomic E-state index is -0.252. The van der Waals surface area contributed by atoms with E-state index >= 15 is 0 Å². The molecular formula is C15H13BrFNO2. The molecule has 0 bridgehead atoms. The lowest BCUT2D eigenvalue weighted by molar-refractivity contribution is 0.170. The molecule has 1 N–H and O–H groups in total. The molecule has 1 aliphatic rings. The number of anilines is 1. The van der Waals surface area contributed by atoms with Gasteiger partial charge in [0.05, 0.1) is 4.47 Å². The Hall–Kier alpha value is -1.75. The Morgan fingerprint density at radius 3 is 2.85 bits per heavy atom. The lowest BCUT2D eigenvalue weighted by Crippen LogP contribution is -2.16. The van der Waals surface area contributed by atoms with Gasteiger partial charge in [-0.2, -0.15) is 0 Å². The fraction of sp³-hybridized carbons (Fsp3) is 0.200. The number of benzene rings is 2. The van der Waals surface area contributed by atoms with Crippen LogP contribution in [-0.2, 0) is 6.54 Å². The van der Waals surface area contributed by atoms with E-state index in [1.165, 1.54) is 12.1 Å². The highest BCUT2D eigenvalue weighted by Crippen LogP contribution is 2.38. The lowest BCUT2D eigenvalue weighted by atomic mass is 10.2. The molecule has 1 aliphatic heterocycles. The molecule has 0 spiro atoms. The molecule has 0 amide bonds. The maximum atomic E-state index is 13.1. The predicted octanol–water partition coefficient (Wildman–Crippen LogP) is 3.97. The number of hydrogen-bond donors (Lipinski definition) is 1. The van der Waals surface area contributed by atoms with Crippen molar-refractivity contribution >= 4 is 21.6 Å². The Morgan fingerprint density at radius 1 is 1.15 bits per heavy atom. The second-order valence-corrected chi connectivity index (χ2v) is 5.32. The first-order chi connectivity index (χ1) is 9.72. The number of nitrogens with one attached hydrogen (secondary N) is 1. The van der Waals surface area contributed by atoms with Crippen molar-refractivity contribution in [2.45, 2.75) is 6.54 Å². The summed E-state index contributed by atoms with van der Waals surface area (Å²) < 4.78 is 25.1. The molecule has 2 aromatic rings. The van der Waals surface area contributed by atoms with Gasteiger partial charge in [0.15, 0.2) is 11.5 Å². The molecule has 2 aromatic carbocycles. The van der Waals surface area contributed by atoms with E-state index < -0.39 is 0 Å². The Balaban J connectivity index is 1.76. The van der Waals surface area contributed by atoms with E-state index in [2.05, 4.69) is 21.2 Å². The van der Waals surface area contributed by atoms with Crippen LogP contribution in [0.5, 0.6) is 11.5 Å². The first-order valence-electron chi connectivity index (χ1n) is 6.30. The summed E-state index contributed by atoms with van der Waals surface area (Å²) in [6, 6.07) is 10.3. The van der Waals surface area contributed by atoms with Gasteiger partial charge in [0.1, 0.15) is 19.0 Å². The average molecular weight is 338 g/mol. The Bertz CT molecular complexity index is 633. The third-order valence-corrected chi connectivity index (χ3v) is 3.57. The summed E-state index contributed by atoms with van der Waals surface area (Å²) in [4.78, 5) is 0. The number of fused-ring (bicyclic) bond motifs is 1. The molecule has 0 fully saturated rings. The van der Waals surface area contributed by atoms with E-state index in [0.717, 1.165) is 27.2 Å². The van der Waals surface area contributed by atoms with Crippen LogP contribution in [0.4, 0.5) is 10.1 Å². The van der Waals surface area contributed by atoms with Crippen molar-refractivity contribution in [2.75, 3.05) is 18.5 Å². The molecule has 0 atom stereocenters. The van der Waals surface area contributed by atoms with Gasteiger partial charge in [-0.05, 0) is 51.8 Å². The van der Waals surface area contributed by atoms with Crippen LogP contribution in [0.15, 0.2) is 40.9 Å². The van der Waals surface area contributed by atoms with Crippen LogP contribution in [0, 0.1) is 5.82 Å². The summed E-state index contributed by atoms with van der Waals surface area (Å²) in [5, 5.41) is 3.18. The zero-order valence-electron chi connectivity index (χ0n) is 10.7. The zero-order chi connectivity index (χ0) is 13.9. The molecule has 5 heteroatoms. The molecule has 20 heavy (non-hydrogen) atoms. The van der Waals surface area contributed by atoms with Gasteiger partial charge >= 0.3 is 0 Å². The van der Waals surface area contributed by atoms with E-state index in [1.54, 1.807) is 6.07 Å². The van der Waals surface area contributed by atoms with Crippen molar-refractivity contribution in [3.8, 4) is 11.5 Å². The van der Waals surface area contributed by atoms with Crippen LogP contribution in [0.25, 0.3) is 0 Å². The van der Waals surface area contributed by atoms with E-state index in [4.69, 9.17) is 9.47 Å². The zero-order valence-corrected chi connectivity index (χ0v) is 12.2. The van der Waals surface area contributed by atoms with Crippen LogP contribution in [-0.4, -0.2) is 13.2 Å². The number of halogens is 2. The van der Waals surface area contributed by atoms with Gasteiger partial charge in [0, 0.05) is 12.2 Å². The van der Waals surface area contributed by atoms with Gasteiger partial charge in [-0.15, -0.1) is 0 Å². The molecule has 104 valence electrons. The first kappa shape index (κ1) is 13.2. The van der Waals surface area contributed by atoms with Crippen LogP contribution < -0.4 is 14.8 Å². The first-order valence-corrected chi connectivity index (χ1v) is 7.09. The Labute approximate surface area is 124 Å². The third kappa shape index (κ3) is 2.88. The predicted molar refractivity (Wildman–Crippen MR) is 78.9 cm³/mol. The van der Waals surface area contributed by atoms with Crippen molar-refractivity contribution in [3.63, 3.8) is 0 Å². The highest BCUT2D eigenvalue weighted by atomic mass is 79.9. The molecule has 0 radical (unpaired) electrons. The molecule has 0 unspecified atom stereocenters. The van der Waals surface area contributed by atoms with Crippen molar-refractivity contribution in [1.82, 2.24) is 0 Å². The molecule has 0 aromatic heterocycles. The van der Waals surface area contributed by atoms with Gasteiger partial charge in [-0.3, -0.25) is 0 Å². The van der Waals surface area contributed by atoms with E-state index in [0.29, 0.717) is 19.8 Å². The van der Waals surface area contributed by atoms with Crippen LogP contribution in [0.1, 0.15) is 5.56 Å². The smallest absolute Gasteiger partial charge is 0.175 e. The van der Waals surface area contributed by atoms with Crippen molar-refractivity contribution in [1.29, 1.82) is 0 Å². The largest absolute Gasteiger partial charge is 0.486 e. The monoisotopic (exact) mass is 337 g/mol. The normalized spacial score (nSPS) is 13.1. The van der Waals surface area contributed by atoms with Gasteiger partial charge in [0.25, 0.3) is 0 Å². The molecule has 0 saturated heterocycles. The van der Waals surface area contributed by atoms with Crippen molar-refractivity contribution < 1.29 is 13.9 Å². The van der Waals surface area contributed by atoms with Gasteiger partial charge < -0.3 is 14.8 Å². The van der Waals surface area contributed by atoms with Crippen molar-refractivity contribution in [2.24, 2.45) is 0 Å². The maximum absolute atomic E-state index is 13.1. The lowest BCUT2D eigenvalue weighted by Gasteiger charge is -2.20. The molecule has 3 nitrogen and oxygen atoms in total. The van der Waals surface area contributed by atoms with Gasteiger partial charge in [-0.1, -0.05) is 6.07 Å². The van der Waals surface area contributed by atoms with Gasteiger partial charge in [0.2, 0.25) is 0 Å². The quantitative estimate of drug-likeness (QED) is 0.919. The second kappa shape index (κ2) is 5.71. The molecule has 0 aliphatic carbocycles. The number of hydrogen-bond acceptors (Lipinski definition) is 3. The average Bonchev–Trinajstić information content (AvgIpc) is 2.45. The summed E-state index contributed by atoms with van der Waals surface area (Å²) in [7, 11) is 0. The number of rotatable bonds is 3. The SMILES string of the molecule is Fc1cccc(NCc2cc(Br)c3c(c2)OCCO3)c1. The summed E-state index contributed by atoms with van der Waals surface area (Å²) in [5.74, 6) is 1.23. The van der Waals surface area contributed by atoms with Crippen LogP contribution in [0.3, 0.4) is 0 Å². The third-order valence-electron chi connectivity index (χ3n) is 2.98. The highest BCUT2D eigenvalue weighted by molar-refractivity contribution is 9.10. The summed E-state index contributed by atoms with van der Waals surface area (Å²) in [6.07, 6.45) is 0. The standard InChI is InChI=1S/C15H13BrFNO2/c16-13-6-10(7-14-15(13)20-5-4-19-14)9-18-12-3-1-2-11(17)8-12/h1-3,6-8,18H,4-5,9H2. The van der Waals surface area contributed by atoms with Crippen LogP contribution >= 0.6 is 15.9 Å². The van der Waals surface area contributed by atoms with Crippen LogP contribution in [0.2, 0.25) is 0 Å². The molecule has 3 rings (SSSR count). The Kier molecular flexibility index (Phi) is 3.78. The molecule has 0 saturated carbocycles. The van der Waals surface area contributed by atoms with Gasteiger partial charge in [-0.25, -0.2) is 4.39 Å². The highest BCUT2D eigenvalue weighted by Gasteiger charge is 2.16. The van der Waals surface area contributed by atoms with E-state index in [1.807, 2.05) is 18.2 Å². The fourth-order valence-corrected chi connectivity index (χ4v) is 2.67. The minimum absolute atomic E-state index is 0.252. The van der Waals surface area contributed by atoms with Crippen molar-refractivity contribution in [3.05, 3.63) is 52.3 Å².